The number of amides is 2. The molecule has 1 atom stereocenters. The second kappa shape index (κ2) is 14.4. The average Bonchev–Trinajstić information content (AvgIpc) is 2.94. The molecule has 4 nitrogen and oxygen atoms in total. The Hall–Kier alpha value is -2.76. The number of aryl methyl sites for hydroxylation is 1. The summed E-state index contributed by atoms with van der Waals surface area (Å²) in [5, 5.41) is 3.95. The molecule has 0 aromatic heterocycles. The third kappa shape index (κ3) is 8.64. The van der Waals surface area contributed by atoms with Crippen molar-refractivity contribution in [3.63, 3.8) is 0 Å². The second-order valence-electron chi connectivity index (χ2n) is 10.1. The highest BCUT2D eigenvalue weighted by atomic mass is 35.5. The highest BCUT2D eigenvalue weighted by molar-refractivity contribution is 7.99. The first-order valence-electron chi connectivity index (χ1n) is 13.6. The van der Waals surface area contributed by atoms with Gasteiger partial charge in [-0.05, 0) is 55.2 Å². The lowest BCUT2D eigenvalue weighted by molar-refractivity contribution is -0.141. The smallest absolute Gasteiger partial charge is 0.243 e. The van der Waals surface area contributed by atoms with Gasteiger partial charge in [0.2, 0.25) is 11.8 Å². The molecule has 2 amide bonds. The average molecular weight is 549 g/mol. The Morgan fingerprint density at radius 1 is 0.921 bits per heavy atom. The van der Waals surface area contributed by atoms with Crippen molar-refractivity contribution in [1.29, 1.82) is 0 Å². The number of nitrogens with zero attached hydrogens (tertiary/aromatic N) is 1. The van der Waals surface area contributed by atoms with Gasteiger partial charge >= 0.3 is 0 Å². The van der Waals surface area contributed by atoms with Crippen molar-refractivity contribution in [3.05, 3.63) is 101 Å². The number of carbonyl (C=O) groups is 2. The summed E-state index contributed by atoms with van der Waals surface area (Å²) >= 11 is 7.80. The zero-order valence-corrected chi connectivity index (χ0v) is 23.6. The molecule has 0 heterocycles. The van der Waals surface area contributed by atoms with Crippen LogP contribution in [0.3, 0.4) is 0 Å². The van der Waals surface area contributed by atoms with Crippen LogP contribution in [0.15, 0.2) is 83.8 Å². The van der Waals surface area contributed by atoms with Crippen LogP contribution < -0.4 is 5.32 Å². The van der Waals surface area contributed by atoms with Gasteiger partial charge in [0.05, 0.1) is 0 Å². The van der Waals surface area contributed by atoms with Gasteiger partial charge in [-0.3, -0.25) is 9.59 Å². The van der Waals surface area contributed by atoms with Gasteiger partial charge in [0.25, 0.3) is 0 Å². The quantitative estimate of drug-likeness (QED) is 0.257. The fourth-order valence-corrected chi connectivity index (χ4v) is 5.89. The van der Waals surface area contributed by atoms with Crippen LogP contribution in [0, 0.1) is 6.92 Å². The minimum absolute atomic E-state index is 0.0145. The van der Waals surface area contributed by atoms with Crippen LogP contribution in [0.5, 0.6) is 0 Å². The van der Waals surface area contributed by atoms with Crippen molar-refractivity contribution in [2.45, 2.75) is 75.4 Å². The molecule has 3 aromatic carbocycles. The van der Waals surface area contributed by atoms with Crippen molar-refractivity contribution < 1.29 is 9.59 Å². The first kappa shape index (κ1) is 28.3. The van der Waals surface area contributed by atoms with Gasteiger partial charge in [-0.2, -0.15) is 0 Å². The zero-order valence-electron chi connectivity index (χ0n) is 22.1. The molecule has 0 aliphatic heterocycles. The molecule has 1 fully saturated rings. The fraction of sp³-hybridized carbons (Fsp3) is 0.375. The highest BCUT2D eigenvalue weighted by Gasteiger charge is 2.31. The molecule has 1 saturated carbocycles. The molecule has 0 bridgehead atoms. The molecule has 38 heavy (non-hydrogen) atoms. The first-order chi connectivity index (χ1) is 18.5. The summed E-state index contributed by atoms with van der Waals surface area (Å²) in [5.41, 5.74) is 3.21. The first-order valence-corrected chi connectivity index (χ1v) is 14.9. The number of hydrogen-bond donors (Lipinski definition) is 1. The summed E-state index contributed by atoms with van der Waals surface area (Å²) in [4.78, 5) is 30.5. The Kier molecular flexibility index (Phi) is 10.7. The van der Waals surface area contributed by atoms with Crippen LogP contribution in [0.4, 0.5) is 0 Å². The van der Waals surface area contributed by atoms with Crippen molar-refractivity contribution in [3.8, 4) is 0 Å². The summed E-state index contributed by atoms with van der Waals surface area (Å²) < 4.78 is 0. The van der Waals surface area contributed by atoms with Crippen LogP contribution >= 0.6 is 23.4 Å². The summed E-state index contributed by atoms with van der Waals surface area (Å²) in [7, 11) is 0. The normalized spacial score (nSPS) is 14.6. The van der Waals surface area contributed by atoms with E-state index >= 15 is 0 Å². The number of halogens is 1. The molecule has 3 aromatic rings. The largest absolute Gasteiger partial charge is 0.352 e. The van der Waals surface area contributed by atoms with Crippen molar-refractivity contribution in [2.24, 2.45) is 0 Å². The van der Waals surface area contributed by atoms with Crippen molar-refractivity contribution in [2.75, 3.05) is 5.75 Å². The molecule has 1 unspecified atom stereocenters. The summed E-state index contributed by atoms with van der Waals surface area (Å²) in [6.07, 6.45) is 6.33. The number of thioether (sulfide) groups is 1. The number of benzene rings is 3. The van der Waals surface area contributed by atoms with Gasteiger partial charge < -0.3 is 10.2 Å². The number of hydrogen-bond acceptors (Lipinski definition) is 3. The molecule has 4 rings (SSSR count). The van der Waals surface area contributed by atoms with Gasteiger partial charge in [-0.1, -0.05) is 91.0 Å². The molecule has 0 radical (unpaired) electrons. The van der Waals surface area contributed by atoms with E-state index < -0.39 is 6.04 Å². The Morgan fingerprint density at radius 2 is 1.61 bits per heavy atom. The SMILES string of the molecule is Cc1ccc(SCCC(=O)N(Cc2ccc(Cl)cc2)C(Cc2ccccc2)C(=O)NC2CCCCC2)cc1. The molecule has 1 N–H and O–H groups in total. The third-order valence-electron chi connectivity index (χ3n) is 7.09. The van der Waals surface area contributed by atoms with E-state index in [1.807, 2.05) is 54.6 Å². The third-order valence-corrected chi connectivity index (χ3v) is 8.36. The van der Waals surface area contributed by atoms with E-state index in [1.54, 1.807) is 16.7 Å². The Labute approximate surface area is 236 Å². The summed E-state index contributed by atoms with van der Waals surface area (Å²) in [5.74, 6) is 0.579. The maximum absolute atomic E-state index is 13.8. The van der Waals surface area contributed by atoms with E-state index in [4.69, 9.17) is 11.6 Å². The lowest BCUT2D eigenvalue weighted by atomic mass is 9.94. The van der Waals surface area contributed by atoms with Crippen LogP contribution in [0.2, 0.25) is 5.02 Å². The molecule has 200 valence electrons. The minimum Gasteiger partial charge on any atom is -0.352 e. The van der Waals surface area contributed by atoms with Crippen LogP contribution in [-0.4, -0.2) is 34.6 Å². The highest BCUT2D eigenvalue weighted by Crippen LogP contribution is 2.23. The predicted octanol–water partition coefficient (Wildman–Crippen LogP) is 7.22. The van der Waals surface area contributed by atoms with E-state index in [0.717, 1.165) is 41.7 Å². The van der Waals surface area contributed by atoms with Crippen LogP contribution in [-0.2, 0) is 22.6 Å². The lowest BCUT2D eigenvalue weighted by Gasteiger charge is -2.33. The molecule has 6 heteroatoms. The Balaban J connectivity index is 1.55. The van der Waals surface area contributed by atoms with Gasteiger partial charge in [0.15, 0.2) is 0 Å². The standard InChI is InChI=1S/C32H37ClN2O2S/c1-24-12-18-29(19-13-24)38-21-20-31(36)35(23-26-14-16-27(33)17-15-26)30(22-25-8-4-2-5-9-25)32(37)34-28-10-6-3-7-11-28/h2,4-5,8-9,12-19,28,30H,3,6-7,10-11,20-23H2,1H3,(H,34,37). The molecule has 0 saturated heterocycles. The van der Waals surface area contributed by atoms with E-state index in [9.17, 15) is 9.59 Å². The maximum atomic E-state index is 13.8. The molecular weight excluding hydrogens is 512 g/mol. The van der Waals surface area contributed by atoms with Crippen molar-refractivity contribution >= 4 is 35.2 Å². The monoisotopic (exact) mass is 548 g/mol. The van der Waals surface area contributed by atoms with Crippen LogP contribution in [0.1, 0.15) is 55.2 Å². The zero-order chi connectivity index (χ0) is 26.7. The van der Waals surface area contributed by atoms with E-state index in [-0.39, 0.29) is 17.9 Å². The predicted molar refractivity (Wildman–Crippen MR) is 157 cm³/mol. The lowest BCUT2D eigenvalue weighted by Crippen LogP contribution is -2.52. The van der Waals surface area contributed by atoms with Gasteiger partial charge in [0, 0.05) is 41.1 Å². The maximum Gasteiger partial charge on any atom is 0.243 e. The Morgan fingerprint density at radius 3 is 2.29 bits per heavy atom. The van der Waals surface area contributed by atoms with Crippen LogP contribution in [0.25, 0.3) is 0 Å². The molecular formula is C32H37ClN2O2S. The van der Waals surface area contributed by atoms with E-state index in [2.05, 4.69) is 36.5 Å². The van der Waals surface area contributed by atoms with Gasteiger partial charge in [-0.15, -0.1) is 11.8 Å². The fourth-order valence-electron chi connectivity index (χ4n) is 4.92. The topological polar surface area (TPSA) is 49.4 Å². The number of rotatable bonds is 11. The summed E-state index contributed by atoms with van der Waals surface area (Å²) in [6.45, 7) is 2.43. The molecule has 1 aliphatic carbocycles. The molecule has 1 aliphatic rings. The molecule has 0 spiro atoms. The summed E-state index contributed by atoms with van der Waals surface area (Å²) in [6, 6.07) is 25.5. The number of carbonyl (C=O) groups excluding carboxylic acids is 2. The Bertz CT molecular complexity index is 1160. The van der Waals surface area contributed by atoms with Gasteiger partial charge in [0.1, 0.15) is 6.04 Å². The van der Waals surface area contributed by atoms with E-state index in [0.29, 0.717) is 30.2 Å². The van der Waals surface area contributed by atoms with E-state index in [1.165, 1.54) is 12.0 Å². The minimum atomic E-state index is -0.591. The second-order valence-corrected chi connectivity index (χ2v) is 11.7. The van der Waals surface area contributed by atoms with Crippen molar-refractivity contribution in [1.82, 2.24) is 10.2 Å². The number of nitrogens with one attached hydrogen (secondary N) is 1. The van der Waals surface area contributed by atoms with Gasteiger partial charge in [-0.25, -0.2) is 0 Å².